The van der Waals surface area contributed by atoms with Gasteiger partial charge in [-0.25, -0.2) is 19.6 Å². The topological polar surface area (TPSA) is 164 Å². The maximum absolute atomic E-state index is 13.4. The summed E-state index contributed by atoms with van der Waals surface area (Å²) >= 11 is 0. The molecule has 2 N–H and O–H groups in total. The standard InChI is InChI=1S/C32H34N8O6S2/c1-5-37-25-23(27(41)39(31(37)43)17-15-19-7-11-21(45-3)12-8-19)33-29(35-25)47-48-30-34-24-26(36-30)38(6-2)32(44)40(28(24)42)18-16-20-9-13-22(46-4)14-10-20/h7-14H,5-6,15-18H2,1-4H3,(H,33,35)(H,34,36). The van der Waals surface area contributed by atoms with Crippen LogP contribution in [0.3, 0.4) is 0 Å². The molecule has 0 spiro atoms. The van der Waals surface area contributed by atoms with Crippen molar-refractivity contribution in [3.63, 3.8) is 0 Å². The molecular formula is C32H34N8O6S2. The monoisotopic (exact) mass is 690 g/mol. The Kier molecular flexibility index (Phi) is 9.63. The Bertz CT molecular complexity index is 2170. The molecule has 0 unspecified atom stereocenters. The summed E-state index contributed by atoms with van der Waals surface area (Å²) in [4.78, 5) is 68.7. The SMILES string of the molecule is CCn1c(=O)n(CCc2ccc(OC)cc2)c(=O)c2[nH]c(SSc3nc4c([nH]3)c(=O)n(CCc3ccc(OC)cc3)c(=O)n4CC)nc21. The third-order valence-electron chi connectivity index (χ3n) is 8.08. The van der Waals surface area contributed by atoms with Gasteiger partial charge in [0.15, 0.2) is 32.6 Å². The highest BCUT2D eigenvalue weighted by atomic mass is 33.1. The van der Waals surface area contributed by atoms with E-state index in [1.165, 1.54) is 39.9 Å². The zero-order valence-corrected chi connectivity index (χ0v) is 28.4. The number of aromatic nitrogens is 8. The van der Waals surface area contributed by atoms with E-state index in [4.69, 9.17) is 9.47 Å². The molecule has 0 atom stereocenters. The Morgan fingerprint density at radius 3 is 1.31 bits per heavy atom. The Morgan fingerprint density at radius 1 is 0.604 bits per heavy atom. The second-order valence-corrected chi connectivity index (χ2v) is 12.9. The van der Waals surface area contributed by atoms with E-state index in [9.17, 15) is 19.2 Å². The summed E-state index contributed by atoms with van der Waals surface area (Å²) in [5, 5.41) is 0.763. The fraction of sp³-hybridized carbons (Fsp3) is 0.312. The summed E-state index contributed by atoms with van der Waals surface area (Å²) in [5.74, 6) is 1.46. The van der Waals surface area contributed by atoms with E-state index in [1.807, 2.05) is 62.4 Å². The molecule has 0 saturated heterocycles. The van der Waals surface area contributed by atoms with E-state index < -0.39 is 22.5 Å². The minimum Gasteiger partial charge on any atom is -0.497 e. The summed E-state index contributed by atoms with van der Waals surface area (Å²) in [6.07, 6.45) is 0.968. The molecule has 0 fully saturated rings. The minimum atomic E-state index is -0.455. The predicted octanol–water partition coefficient (Wildman–Crippen LogP) is 3.43. The van der Waals surface area contributed by atoms with Crippen LogP contribution in [0.5, 0.6) is 11.5 Å². The van der Waals surface area contributed by atoms with Crippen LogP contribution in [0, 0.1) is 0 Å². The number of rotatable bonds is 13. The highest BCUT2D eigenvalue weighted by Crippen LogP contribution is 2.35. The van der Waals surface area contributed by atoms with Crippen molar-refractivity contribution in [2.75, 3.05) is 14.2 Å². The van der Waals surface area contributed by atoms with Crippen LogP contribution in [0.2, 0.25) is 0 Å². The predicted molar refractivity (Wildman–Crippen MR) is 186 cm³/mol. The van der Waals surface area contributed by atoms with Gasteiger partial charge in [-0.15, -0.1) is 0 Å². The Balaban J connectivity index is 1.24. The maximum Gasteiger partial charge on any atom is 0.332 e. The van der Waals surface area contributed by atoms with Crippen molar-refractivity contribution >= 4 is 43.9 Å². The lowest BCUT2D eigenvalue weighted by atomic mass is 10.1. The quantitative estimate of drug-likeness (QED) is 0.172. The number of hydrogen-bond donors (Lipinski definition) is 2. The first-order chi connectivity index (χ1) is 23.3. The lowest BCUT2D eigenvalue weighted by molar-refractivity contribution is 0.414. The van der Waals surface area contributed by atoms with Crippen molar-refractivity contribution < 1.29 is 9.47 Å². The van der Waals surface area contributed by atoms with Crippen LogP contribution in [0.1, 0.15) is 25.0 Å². The number of imidazole rings is 2. The van der Waals surface area contributed by atoms with Crippen LogP contribution in [-0.2, 0) is 39.0 Å². The zero-order chi connectivity index (χ0) is 33.9. The van der Waals surface area contributed by atoms with E-state index in [2.05, 4.69) is 19.9 Å². The summed E-state index contributed by atoms with van der Waals surface area (Å²) in [6.45, 7) is 4.69. The maximum atomic E-state index is 13.4. The van der Waals surface area contributed by atoms with Crippen LogP contribution in [-0.4, -0.2) is 52.4 Å². The molecule has 6 rings (SSSR count). The second-order valence-electron chi connectivity index (χ2n) is 10.8. The highest BCUT2D eigenvalue weighted by molar-refractivity contribution is 8.76. The summed E-state index contributed by atoms with van der Waals surface area (Å²) in [5.41, 5.74) is 1.12. The Morgan fingerprint density at radius 2 is 0.979 bits per heavy atom. The van der Waals surface area contributed by atoms with Gasteiger partial charge in [0, 0.05) is 26.2 Å². The fourth-order valence-electron chi connectivity index (χ4n) is 5.48. The Hall–Kier alpha value is -4.96. The number of ether oxygens (including phenoxy) is 2. The molecule has 14 nitrogen and oxygen atoms in total. The first-order valence-electron chi connectivity index (χ1n) is 15.3. The van der Waals surface area contributed by atoms with Crippen molar-refractivity contribution in [3.8, 4) is 11.5 Å². The first-order valence-corrected chi connectivity index (χ1v) is 17.5. The smallest absolute Gasteiger partial charge is 0.332 e. The van der Waals surface area contributed by atoms with Crippen molar-refractivity contribution in [1.82, 2.24) is 38.2 Å². The van der Waals surface area contributed by atoms with Crippen molar-refractivity contribution in [2.45, 2.75) is 63.2 Å². The third-order valence-corrected chi connectivity index (χ3v) is 10.1. The molecule has 0 aliphatic rings. The largest absolute Gasteiger partial charge is 0.497 e. The van der Waals surface area contributed by atoms with E-state index in [0.29, 0.717) is 36.2 Å². The number of fused-ring (bicyclic) bond motifs is 2. The molecule has 16 heteroatoms. The summed E-state index contributed by atoms with van der Waals surface area (Å²) in [7, 11) is 5.55. The van der Waals surface area contributed by atoms with Gasteiger partial charge >= 0.3 is 11.4 Å². The molecule has 0 amide bonds. The number of benzene rings is 2. The molecule has 0 bridgehead atoms. The molecule has 4 aromatic heterocycles. The molecule has 0 saturated carbocycles. The molecule has 2 aromatic carbocycles. The van der Waals surface area contributed by atoms with Crippen LogP contribution in [0.4, 0.5) is 0 Å². The molecule has 250 valence electrons. The van der Waals surface area contributed by atoms with Crippen LogP contribution < -0.4 is 32.0 Å². The number of hydrogen-bond acceptors (Lipinski definition) is 10. The van der Waals surface area contributed by atoms with Gasteiger partial charge in [-0.05, 0) is 83.7 Å². The molecule has 0 aliphatic carbocycles. The second kappa shape index (κ2) is 14.0. The number of nitrogens with one attached hydrogen (secondary N) is 2. The minimum absolute atomic E-state index is 0.200. The van der Waals surface area contributed by atoms with Gasteiger partial charge in [-0.3, -0.25) is 27.9 Å². The number of H-pyrrole nitrogens is 2. The van der Waals surface area contributed by atoms with Crippen molar-refractivity contribution in [1.29, 1.82) is 0 Å². The fourth-order valence-corrected chi connectivity index (χ4v) is 7.12. The molecule has 4 heterocycles. The van der Waals surface area contributed by atoms with Gasteiger partial charge in [-0.1, -0.05) is 24.3 Å². The van der Waals surface area contributed by atoms with Crippen molar-refractivity contribution in [3.05, 3.63) is 101 Å². The van der Waals surface area contributed by atoms with Crippen LogP contribution in [0.25, 0.3) is 22.3 Å². The van der Waals surface area contributed by atoms with E-state index in [0.717, 1.165) is 22.6 Å². The van der Waals surface area contributed by atoms with Gasteiger partial charge in [0.1, 0.15) is 11.5 Å². The molecule has 0 radical (unpaired) electrons. The summed E-state index contributed by atoms with van der Waals surface area (Å²) in [6, 6.07) is 15.0. The van der Waals surface area contributed by atoms with Gasteiger partial charge < -0.3 is 19.4 Å². The third kappa shape index (κ3) is 6.32. The normalized spacial score (nSPS) is 11.5. The molecule has 48 heavy (non-hydrogen) atoms. The molecular weight excluding hydrogens is 657 g/mol. The molecule has 6 aromatic rings. The average molecular weight is 691 g/mol. The lowest BCUT2D eigenvalue weighted by Gasteiger charge is -2.10. The van der Waals surface area contributed by atoms with E-state index >= 15 is 0 Å². The van der Waals surface area contributed by atoms with Crippen molar-refractivity contribution in [2.24, 2.45) is 0 Å². The van der Waals surface area contributed by atoms with E-state index in [1.54, 1.807) is 14.2 Å². The Labute approximate surface area is 281 Å². The lowest BCUT2D eigenvalue weighted by Crippen LogP contribution is -2.40. The van der Waals surface area contributed by atoms with Crippen LogP contribution in [0.15, 0.2) is 78.0 Å². The average Bonchev–Trinajstić information content (AvgIpc) is 3.73. The highest BCUT2D eigenvalue weighted by Gasteiger charge is 2.20. The molecule has 0 aliphatic heterocycles. The number of aromatic amines is 2. The van der Waals surface area contributed by atoms with Gasteiger partial charge in [0.25, 0.3) is 11.1 Å². The number of aryl methyl sites for hydroxylation is 4. The van der Waals surface area contributed by atoms with Crippen LogP contribution >= 0.6 is 21.6 Å². The number of nitrogens with zero attached hydrogens (tertiary/aromatic N) is 6. The number of methoxy groups -OCH3 is 2. The first kappa shape index (κ1) is 33.0. The van der Waals surface area contributed by atoms with Gasteiger partial charge in [0.05, 0.1) is 14.2 Å². The summed E-state index contributed by atoms with van der Waals surface area (Å²) < 4.78 is 15.8. The zero-order valence-electron chi connectivity index (χ0n) is 26.8. The van der Waals surface area contributed by atoms with Gasteiger partial charge in [-0.2, -0.15) is 0 Å². The van der Waals surface area contributed by atoms with Gasteiger partial charge in [0.2, 0.25) is 0 Å². The van der Waals surface area contributed by atoms with E-state index in [-0.39, 0.29) is 35.4 Å².